The standard InChI is InChI=1S/C19H19N3O/c1-22(2)18(15-6-4-3-5-7-15)19(23)21-17-9-8-14-10-11-20-13-16(14)12-17/h3-13,18H,1-2H3,(H,21,23). The molecule has 0 saturated carbocycles. The molecule has 1 atom stereocenters. The van der Waals surface area contributed by atoms with Crippen LogP contribution in [-0.4, -0.2) is 29.9 Å². The zero-order valence-corrected chi connectivity index (χ0v) is 13.2. The number of benzene rings is 2. The summed E-state index contributed by atoms with van der Waals surface area (Å²) >= 11 is 0. The Bertz CT molecular complexity index is 815. The summed E-state index contributed by atoms with van der Waals surface area (Å²) < 4.78 is 0. The van der Waals surface area contributed by atoms with E-state index in [1.807, 2.05) is 73.6 Å². The van der Waals surface area contributed by atoms with E-state index in [1.54, 1.807) is 12.4 Å². The number of hydrogen-bond donors (Lipinski definition) is 1. The van der Waals surface area contributed by atoms with Crippen LogP contribution in [0.5, 0.6) is 0 Å². The highest BCUT2D eigenvalue weighted by Crippen LogP contribution is 2.22. The van der Waals surface area contributed by atoms with Gasteiger partial charge in [0, 0.05) is 23.5 Å². The second-order valence-electron chi connectivity index (χ2n) is 5.70. The third-order valence-electron chi connectivity index (χ3n) is 3.79. The third kappa shape index (κ3) is 3.38. The fourth-order valence-electron chi connectivity index (χ4n) is 2.69. The number of amides is 1. The molecule has 1 unspecified atom stereocenters. The first-order valence-electron chi connectivity index (χ1n) is 7.51. The molecule has 3 rings (SSSR count). The quantitative estimate of drug-likeness (QED) is 0.802. The highest BCUT2D eigenvalue weighted by Gasteiger charge is 2.22. The Balaban J connectivity index is 1.86. The number of nitrogens with one attached hydrogen (secondary N) is 1. The van der Waals surface area contributed by atoms with Crippen LogP contribution in [0.25, 0.3) is 10.8 Å². The molecular formula is C19H19N3O. The predicted molar refractivity (Wildman–Crippen MR) is 93.2 cm³/mol. The maximum Gasteiger partial charge on any atom is 0.246 e. The summed E-state index contributed by atoms with van der Waals surface area (Å²) in [4.78, 5) is 18.8. The lowest BCUT2D eigenvalue weighted by Gasteiger charge is -2.24. The Morgan fingerprint density at radius 2 is 1.83 bits per heavy atom. The van der Waals surface area contributed by atoms with Gasteiger partial charge in [-0.2, -0.15) is 0 Å². The maximum atomic E-state index is 12.7. The average molecular weight is 305 g/mol. The van der Waals surface area contributed by atoms with Crippen molar-refractivity contribution in [2.45, 2.75) is 6.04 Å². The number of nitrogens with zero attached hydrogens (tertiary/aromatic N) is 2. The van der Waals surface area contributed by atoms with Gasteiger partial charge in [0.1, 0.15) is 6.04 Å². The molecule has 1 N–H and O–H groups in total. The minimum absolute atomic E-state index is 0.0514. The normalized spacial score (nSPS) is 12.3. The Morgan fingerprint density at radius 1 is 1.04 bits per heavy atom. The zero-order chi connectivity index (χ0) is 16.2. The molecule has 3 aromatic rings. The van der Waals surface area contributed by atoms with E-state index in [0.29, 0.717) is 0 Å². The smallest absolute Gasteiger partial charge is 0.246 e. The molecule has 116 valence electrons. The number of carbonyl (C=O) groups excluding carboxylic acids is 1. The molecule has 0 aliphatic carbocycles. The molecular weight excluding hydrogens is 286 g/mol. The molecule has 2 aromatic carbocycles. The lowest BCUT2D eigenvalue weighted by atomic mass is 10.0. The first-order chi connectivity index (χ1) is 11.1. The second-order valence-corrected chi connectivity index (χ2v) is 5.70. The van der Waals surface area contributed by atoms with E-state index in [-0.39, 0.29) is 11.9 Å². The summed E-state index contributed by atoms with van der Waals surface area (Å²) in [6.45, 7) is 0. The summed E-state index contributed by atoms with van der Waals surface area (Å²) in [5.74, 6) is -0.0514. The number of likely N-dealkylation sites (N-methyl/N-ethyl adjacent to an activating group) is 1. The van der Waals surface area contributed by atoms with Gasteiger partial charge in [0.15, 0.2) is 0 Å². The van der Waals surface area contributed by atoms with Crippen molar-refractivity contribution in [2.24, 2.45) is 0 Å². The molecule has 1 heterocycles. The van der Waals surface area contributed by atoms with Crippen LogP contribution in [0.1, 0.15) is 11.6 Å². The zero-order valence-electron chi connectivity index (χ0n) is 13.2. The van der Waals surface area contributed by atoms with Crippen molar-refractivity contribution >= 4 is 22.4 Å². The SMILES string of the molecule is CN(C)C(C(=O)Nc1ccc2ccncc2c1)c1ccccc1. The summed E-state index contributed by atoms with van der Waals surface area (Å²) in [5, 5.41) is 5.11. The number of pyridine rings is 1. The van der Waals surface area contributed by atoms with Crippen LogP contribution in [0.4, 0.5) is 5.69 Å². The number of carbonyl (C=O) groups is 1. The van der Waals surface area contributed by atoms with E-state index >= 15 is 0 Å². The fourth-order valence-corrected chi connectivity index (χ4v) is 2.69. The maximum absolute atomic E-state index is 12.7. The van der Waals surface area contributed by atoms with Crippen molar-refractivity contribution in [3.05, 3.63) is 72.6 Å². The van der Waals surface area contributed by atoms with Gasteiger partial charge in [-0.05, 0) is 43.2 Å². The Morgan fingerprint density at radius 3 is 2.57 bits per heavy atom. The van der Waals surface area contributed by atoms with E-state index in [0.717, 1.165) is 22.0 Å². The number of fused-ring (bicyclic) bond motifs is 1. The first-order valence-corrected chi connectivity index (χ1v) is 7.51. The van der Waals surface area contributed by atoms with Crippen molar-refractivity contribution in [2.75, 3.05) is 19.4 Å². The first kappa shape index (κ1) is 15.2. The third-order valence-corrected chi connectivity index (χ3v) is 3.79. The topological polar surface area (TPSA) is 45.2 Å². The lowest BCUT2D eigenvalue weighted by Crippen LogP contribution is -2.32. The fraction of sp³-hybridized carbons (Fsp3) is 0.158. The summed E-state index contributed by atoms with van der Waals surface area (Å²) in [5.41, 5.74) is 1.75. The number of aromatic nitrogens is 1. The van der Waals surface area contributed by atoms with Gasteiger partial charge in [0.25, 0.3) is 0 Å². The Labute approximate surface area is 135 Å². The monoisotopic (exact) mass is 305 g/mol. The van der Waals surface area contributed by atoms with Gasteiger partial charge < -0.3 is 5.32 Å². The molecule has 4 nitrogen and oxygen atoms in total. The van der Waals surface area contributed by atoms with Crippen LogP contribution in [0, 0.1) is 0 Å². The van der Waals surface area contributed by atoms with Crippen molar-refractivity contribution in [3.63, 3.8) is 0 Å². The molecule has 0 aliphatic rings. The minimum Gasteiger partial charge on any atom is -0.324 e. The number of rotatable bonds is 4. The molecule has 1 aromatic heterocycles. The van der Waals surface area contributed by atoms with Gasteiger partial charge in [0.2, 0.25) is 5.91 Å². The summed E-state index contributed by atoms with van der Waals surface area (Å²) in [6, 6.07) is 17.2. The van der Waals surface area contributed by atoms with Crippen LogP contribution >= 0.6 is 0 Å². The van der Waals surface area contributed by atoms with Crippen molar-refractivity contribution < 1.29 is 4.79 Å². The van der Waals surface area contributed by atoms with E-state index in [4.69, 9.17) is 0 Å². The highest BCUT2D eigenvalue weighted by atomic mass is 16.2. The van der Waals surface area contributed by atoms with Crippen LogP contribution in [0.3, 0.4) is 0 Å². The highest BCUT2D eigenvalue weighted by molar-refractivity contribution is 5.97. The molecule has 0 spiro atoms. The van der Waals surface area contributed by atoms with Gasteiger partial charge in [0.05, 0.1) is 0 Å². The molecule has 4 heteroatoms. The number of anilines is 1. The Kier molecular flexibility index (Phi) is 4.35. The minimum atomic E-state index is -0.333. The van der Waals surface area contributed by atoms with E-state index < -0.39 is 0 Å². The molecule has 0 radical (unpaired) electrons. The molecule has 1 amide bonds. The predicted octanol–water partition coefficient (Wildman–Crippen LogP) is 3.48. The Hall–Kier alpha value is -2.72. The van der Waals surface area contributed by atoms with Crippen LogP contribution in [0.15, 0.2) is 67.0 Å². The van der Waals surface area contributed by atoms with Crippen LogP contribution in [0.2, 0.25) is 0 Å². The van der Waals surface area contributed by atoms with Crippen molar-refractivity contribution in [1.29, 1.82) is 0 Å². The van der Waals surface area contributed by atoms with E-state index in [9.17, 15) is 4.79 Å². The molecule has 23 heavy (non-hydrogen) atoms. The molecule has 0 aliphatic heterocycles. The van der Waals surface area contributed by atoms with Crippen molar-refractivity contribution in [3.8, 4) is 0 Å². The van der Waals surface area contributed by atoms with Gasteiger partial charge in [-0.15, -0.1) is 0 Å². The van der Waals surface area contributed by atoms with Gasteiger partial charge >= 0.3 is 0 Å². The van der Waals surface area contributed by atoms with Gasteiger partial charge in [-0.1, -0.05) is 36.4 Å². The van der Waals surface area contributed by atoms with E-state index in [1.165, 1.54) is 0 Å². The second kappa shape index (κ2) is 6.58. The average Bonchev–Trinajstić information content (AvgIpc) is 2.55. The number of hydrogen-bond acceptors (Lipinski definition) is 3. The lowest BCUT2D eigenvalue weighted by molar-refractivity contribution is -0.120. The summed E-state index contributed by atoms with van der Waals surface area (Å²) in [6.07, 6.45) is 3.56. The van der Waals surface area contributed by atoms with Gasteiger partial charge in [-0.25, -0.2) is 0 Å². The largest absolute Gasteiger partial charge is 0.324 e. The molecule has 0 fully saturated rings. The van der Waals surface area contributed by atoms with E-state index in [2.05, 4.69) is 10.3 Å². The molecule has 0 bridgehead atoms. The van der Waals surface area contributed by atoms with Crippen LogP contribution < -0.4 is 5.32 Å². The van der Waals surface area contributed by atoms with Gasteiger partial charge in [-0.3, -0.25) is 14.7 Å². The van der Waals surface area contributed by atoms with Crippen LogP contribution in [-0.2, 0) is 4.79 Å². The van der Waals surface area contributed by atoms with Crippen molar-refractivity contribution in [1.82, 2.24) is 9.88 Å². The molecule has 0 saturated heterocycles. The summed E-state index contributed by atoms with van der Waals surface area (Å²) in [7, 11) is 3.81.